The van der Waals surface area contributed by atoms with E-state index in [1.54, 1.807) is 48.5 Å². The predicted octanol–water partition coefficient (Wildman–Crippen LogP) is 14.3. The third-order valence-electron chi connectivity index (χ3n) is 16.2. The first-order valence-electron chi connectivity index (χ1n) is 31.4. The molecule has 0 unspecified atom stereocenters. The summed E-state index contributed by atoms with van der Waals surface area (Å²) in [7, 11) is 2.58. The van der Waals surface area contributed by atoms with E-state index in [0.29, 0.717) is 57.7 Å². The van der Waals surface area contributed by atoms with Gasteiger partial charge < -0.3 is 53.8 Å². The summed E-state index contributed by atoms with van der Waals surface area (Å²) in [6.07, 6.45) is -3.79. The van der Waals surface area contributed by atoms with Crippen LogP contribution in [0.4, 0.5) is 28.9 Å². The minimum absolute atomic E-state index is 0.0146. The molecule has 0 radical (unpaired) electrons. The second kappa shape index (κ2) is 31.2. The topological polar surface area (TPSA) is 266 Å². The van der Waals surface area contributed by atoms with Crippen LogP contribution in [0.1, 0.15) is 59.7 Å². The van der Waals surface area contributed by atoms with Gasteiger partial charge in [-0.3, -0.25) is 28.8 Å². The molecule has 0 aliphatic heterocycles. The molecule has 20 nitrogen and oxygen atoms in total. The number of carboxylic acids is 2. The number of carboxylic acid groups (broad SMARTS) is 2. The molecule has 0 bridgehead atoms. The Bertz CT molecular complexity index is 4800. The van der Waals surface area contributed by atoms with Crippen LogP contribution in [0.3, 0.4) is 0 Å². The number of hydrogen-bond acceptors (Lipinski definition) is 14. The van der Waals surface area contributed by atoms with Crippen LogP contribution in [-0.2, 0) is 57.7 Å². The van der Waals surface area contributed by atoms with E-state index in [1.165, 1.54) is 104 Å². The number of ether oxygens (including phenoxy) is 3. The highest BCUT2D eigenvalue weighted by Gasteiger charge is 2.34. The Balaban J connectivity index is 0.628. The summed E-state index contributed by atoms with van der Waals surface area (Å²) in [4.78, 5) is 88.9. The monoisotopic (exact) mass is 1370 g/mol. The van der Waals surface area contributed by atoms with Crippen molar-refractivity contribution in [1.29, 1.82) is 0 Å². The van der Waals surface area contributed by atoms with Crippen molar-refractivity contribution in [3.8, 4) is 73.9 Å². The molecule has 101 heavy (non-hydrogen) atoms. The third-order valence-corrected chi connectivity index (χ3v) is 16.2. The Hall–Kier alpha value is -12.7. The molecule has 2 aromatic heterocycles. The highest BCUT2D eigenvalue weighted by Crippen LogP contribution is 2.36. The number of carbonyl (C=O) groups is 6. The van der Waals surface area contributed by atoms with E-state index >= 15 is 4.39 Å². The SMILES string of the molecule is COc1ccc(CC(=O)Nc2ccc(C(=O)N(CC(=O)O)Cc3ccc(-c4nc(-c5ccc(CCOc6cc(F)c(CC(=O)Nc7ccc(C(=O)N(CC(=O)O)Cc8ccc(-c9noc(-c%10ccc(-c%11ccc(C)cc%11)cc%10)n9)cc8)cc7)c(OC)c6)cc5)co4)cc3)cc2)c(C(F)(F)F)c1. The maximum Gasteiger partial charge on any atom is 0.416 e. The second-order valence-electron chi connectivity index (χ2n) is 23.4. The molecule has 24 heteroatoms. The summed E-state index contributed by atoms with van der Waals surface area (Å²) in [6.45, 7) is 0.852. The van der Waals surface area contributed by atoms with Crippen LogP contribution < -0.4 is 24.8 Å². The first-order chi connectivity index (χ1) is 48.6. The van der Waals surface area contributed by atoms with Crippen molar-refractivity contribution >= 4 is 46.9 Å². The molecule has 11 rings (SSSR count). The molecule has 0 aliphatic rings. The summed E-state index contributed by atoms with van der Waals surface area (Å²) in [5, 5.41) is 28.9. The number of halogens is 4. The van der Waals surface area contributed by atoms with Crippen molar-refractivity contribution in [1.82, 2.24) is 24.9 Å². The van der Waals surface area contributed by atoms with Crippen LogP contribution >= 0.6 is 0 Å². The molecule has 0 saturated carbocycles. The van der Waals surface area contributed by atoms with E-state index in [9.17, 15) is 52.2 Å². The Kier molecular flexibility index (Phi) is 21.5. The second-order valence-corrected chi connectivity index (χ2v) is 23.4. The highest BCUT2D eigenvalue weighted by molar-refractivity contribution is 5.99. The minimum Gasteiger partial charge on any atom is -0.497 e. The van der Waals surface area contributed by atoms with Crippen LogP contribution in [0.15, 0.2) is 215 Å². The van der Waals surface area contributed by atoms with Crippen molar-refractivity contribution in [2.75, 3.05) is 44.5 Å². The van der Waals surface area contributed by atoms with Crippen LogP contribution in [-0.4, -0.2) is 105 Å². The lowest BCUT2D eigenvalue weighted by Crippen LogP contribution is -2.35. The number of nitrogens with zero attached hydrogens (tertiary/aromatic N) is 5. The molecule has 512 valence electrons. The van der Waals surface area contributed by atoms with Crippen LogP contribution in [0, 0.1) is 12.7 Å². The third kappa shape index (κ3) is 17.9. The fourth-order valence-electron chi connectivity index (χ4n) is 11.0. The first kappa shape index (κ1) is 69.6. The number of methoxy groups -OCH3 is 2. The number of anilines is 2. The number of carbonyl (C=O) groups excluding carboxylic acids is 4. The van der Waals surface area contributed by atoms with Gasteiger partial charge in [0.25, 0.3) is 17.7 Å². The number of rotatable bonds is 27. The van der Waals surface area contributed by atoms with Crippen molar-refractivity contribution in [2.45, 2.75) is 45.5 Å². The van der Waals surface area contributed by atoms with Crippen molar-refractivity contribution in [2.24, 2.45) is 0 Å². The van der Waals surface area contributed by atoms with Crippen LogP contribution in [0.25, 0.3) is 56.7 Å². The number of nitrogens with one attached hydrogen (secondary N) is 2. The molecule has 0 saturated heterocycles. The predicted molar refractivity (Wildman–Crippen MR) is 365 cm³/mol. The Morgan fingerprint density at radius 1 is 0.535 bits per heavy atom. The van der Waals surface area contributed by atoms with Gasteiger partial charge in [-0.05, 0) is 125 Å². The van der Waals surface area contributed by atoms with Gasteiger partial charge in [0.15, 0.2) is 0 Å². The van der Waals surface area contributed by atoms with E-state index in [4.69, 9.17) is 23.2 Å². The molecule has 4 amide bonds. The minimum atomic E-state index is -4.73. The molecule has 0 atom stereocenters. The summed E-state index contributed by atoms with van der Waals surface area (Å²) >= 11 is 0. The maximum atomic E-state index is 15.7. The largest absolute Gasteiger partial charge is 0.497 e. The van der Waals surface area contributed by atoms with Gasteiger partial charge in [0.2, 0.25) is 23.5 Å². The standard InChI is InChI=1S/C77H63F4N7O13/c1-46-4-12-50(13-5-46)51-20-22-55(23-21-51)74-85-72(86-101-74)53-16-8-48(9-17-53)41-87(43-70(91)92)75(95)57-26-31-60(32-27-57)83-69(90)40-63-65(78)38-62(39-67(63)98-3)99-35-34-47-6-14-52(15-7-47)66-45-100-73(84-66)54-18-10-49(11-19-54)42-88(44-71(93)94)76(96)56-24-29-59(30-25-56)82-68(89)36-58-28-33-61(97-2)37-64(58)77(79,80)81/h4-33,37-39,45H,34-36,40-44H2,1-3H3,(H,82,89)(H,83,90)(H,91,92)(H,93,94). The zero-order chi connectivity index (χ0) is 71.3. The van der Waals surface area contributed by atoms with Gasteiger partial charge in [0.1, 0.15) is 48.1 Å². The Morgan fingerprint density at radius 2 is 1.04 bits per heavy atom. The summed E-state index contributed by atoms with van der Waals surface area (Å²) in [5.74, 6) is -4.48. The molecular weight excluding hydrogens is 1310 g/mol. The number of aryl methyl sites for hydroxylation is 1. The molecule has 0 aliphatic carbocycles. The van der Waals surface area contributed by atoms with E-state index in [1.807, 2.05) is 55.5 Å². The summed E-state index contributed by atoms with van der Waals surface area (Å²) in [5.41, 5.74) is 8.22. The first-order valence-corrected chi connectivity index (χ1v) is 31.4. The van der Waals surface area contributed by atoms with Crippen LogP contribution in [0.2, 0.25) is 0 Å². The Labute approximate surface area is 575 Å². The number of aromatic nitrogens is 3. The molecule has 2 heterocycles. The van der Waals surface area contributed by atoms with Gasteiger partial charge in [-0.2, -0.15) is 18.2 Å². The van der Waals surface area contributed by atoms with Gasteiger partial charge >= 0.3 is 18.1 Å². The molecule has 0 spiro atoms. The number of oxazole rings is 1. The number of benzene rings is 9. The number of alkyl halides is 3. The normalized spacial score (nSPS) is 11.2. The van der Waals surface area contributed by atoms with E-state index < -0.39 is 79.1 Å². The van der Waals surface area contributed by atoms with Gasteiger partial charge in [-0.15, -0.1) is 0 Å². The maximum absolute atomic E-state index is 15.7. The number of aliphatic carboxylic acids is 2. The lowest BCUT2D eigenvalue weighted by Gasteiger charge is -2.21. The smallest absolute Gasteiger partial charge is 0.416 e. The lowest BCUT2D eigenvalue weighted by atomic mass is 10.0. The van der Waals surface area contributed by atoms with Gasteiger partial charge in [0, 0.05) is 82.0 Å². The Morgan fingerprint density at radius 3 is 1.58 bits per heavy atom. The van der Waals surface area contributed by atoms with Gasteiger partial charge in [-0.1, -0.05) is 114 Å². The fraction of sp³-hybridized carbons (Fsp3) is 0.156. The van der Waals surface area contributed by atoms with Crippen LogP contribution in [0.5, 0.6) is 17.2 Å². The average molecular weight is 1370 g/mol. The fourth-order valence-corrected chi connectivity index (χ4v) is 11.0. The highest BCUT2D eigenvalue weighted by atomic mass is 19.4. The molecule has 9 aromatic carbocycles. The van der Waals surface area contributed by atoms with Crippen molar-refractivity contribution < 1.29 is 79.7 Å². The van der Waals surface area contributed by atoms with E-state index in [-0.39, 0.29) is 64.9 Å². The van der Waals surface area contributed by atoms with Crippen molar-refractivity contribution in [3.05, 3.63) is 262 Å². The average Bonchev–Trinajstić information content (AvgIpc) is 1.79. The zero-order valence-corrected chi connectivity index (χ0v) is 54.4. The van der Waals surface area contributed by atoms with Gasteiger partial charge in [0.05, 0.1) is 39.2 Å². The summed E-state index contributed by atoms with van der Waals surface area (Å²) < 4.78 is 84.6. The summed E-state index contributed by atoms with van der Waals surface area (Å²) in [6, 6.07) is 54.7. The number of hydrogen-bond donors (Lipinski definition) is 4. The van der Waals surface area contributed by atoms with E-state index in [0.717, 1.165) is 38.8 Å². The van der Waals surface area contributed by atoms with Crippen molar-refractivity contribution in [3.63, 3.8) is 0 Å². The quantitative estimate of drug-likeness (QED) is 0.0349. The number of amides is 4. The molecule has 0 fully saturated rings. The molecule has 11 aromatic rings. The van der Waals surface area contributed by atoms with Gasteiger partial charge in [-0.25, -0.2) is 9.37 Å². The molecule has 4 N–H and O–H groups in total. The molecular formula is C77H63F4N7O13. The lowest BCUT2D eigenvalue weighted by molar-refractivity contribution is -0.139. The zero-order valence-electron chi connectivity index (χ0n) is 54.4. The van der Waals surface area contributed by atoms with E-state index in [2.05, 4.69) is 50.0 Å².